The molecule has 2 heterocycles. The largest absolute Gasteiger partial charge is 0.497 e. The lowest BCUT2D eigenvalue weighted by atomic mass is 10.1. The maximum Gasteiger partial charge on any atom is 0.266 e. The van der Waals surface area contributed by atoms with Crippen LogP contribution in [0.5, 0.6) is 5.75 Å². The highest BCUT2D eigenvalue weighted by Gasteiger charge is 2.33. The Morgan fingerprint density at radius 1 is 1.15 bits per heavy atom. The van der Waals surface area contributed by atoms with Gasteiger partial charge in [-0.15, -0.1) is 0 Å². The van der Waals surface area contributed by atoms with Crippen molar-refractivity contribution in [3.63, 3.8) is 0 Å². The van der Waals surface area contributed by atoms with E-state index in [1.165, 1.54) is 11.8 Å². The van der Waals surface area contributed by atoms with Gasteiger partial charge in [0.15, 0.2) is 5.17 Å². The molecule has 9 heteroatoms. The van der Waals surface area contributed by atoms with Crippen molar-refractivity contribution in [2.24, 2.45) is 10.7 Å². The van der Waals surface area contributed by atoms with Gasteiger partial charge in [0.05, 0.1) is 30.9 Å². The molecule has 2 N–H and O–H groups in total. The number of thioether (sulfide) groups is 1. The summed E-state index contributed by atoms with van der Waals surface area (Å²) in [5.41, 5.74) is 7.84. The average Bonchev–Trinajstić information content (AvgIpc) is 3.30. The lowest BCUT2D eigenvalue weighted by molar-refractivity contribution is -0.122. The number of ether oxygens (including phenoxy) is 2. The van der Waals surface area contributed by atoms with Crippen molar-refractivity contribution in [2.75, 3.05) is 27.4 Å². The van der Waals surface area contributed by atoms with Crippen molar-refractivity contribution in [3.05, 3.63) is 65.2 Å². The van der Waals surface area contributed by atoms with Crippen LogP contribution in [0.25, 0.3) is 17.0 Å². The number of hydrogen-bond acceptors (Lipinski definition) is 6. The molecular weight excluding hydrogens is 440 g/mol. The first-order valence-electron chi connectivity index (χ1n) is 10.3. The number of benzene rings is 2. The number of amidine groups is 1. The summed E-state index contributed by atoms with van der Waals surface area (Å²) in [7, 11) is 3.20. The van der Waals surface area contributed by atoms with Crippen molar-refractivity contribution >= 4 is 51.4 Å². The molecule has 2 aromatic carbocycles. The molecular formula is C24H24N4O4S. The maximum atomic E-state index is 13.2. The summed E-state index contributed by atoms with van der Waals surface area (Å²) in [5, 5.41) is 1.51. The van der Waals surface area contributed by atoms with Crippen LogP contribution in [0, 0.1) is 0 Å². The lowest BCUT2D eigenvalue weighted by Gasteiger charge is -2.14. The van der Waals surface area contributed by atoms with Crippen molar-refractivity contribution < 1.29 is 19.1 Å². The summed E-state index contributed by atoms with van der Waals surface area (Å²) >= 11 is 1.31. The summed E-state index contributed by atoms with van der Waals surface area (Å²) in [6.07, 6.45) is 3.68. The molecule has 0 saturated carbocycles. The topological polar surface area (TPSA) is 99.2 Å². The number of primary amides is 1. The number of hydrogen-bond donors (Lipinski definition) is 1. The van der Waals surface area contributed by atoms with Crippen molar-refractivity contribution in [1.29, 1.82) is 0 Å². The molecule has 170 valence electrons. The number of carbonyl (C=O) groups is 2. The third kappa shape index (κ3) is 4.94. The van der Waals surface area contributed by atoms with E-state index in [1.807, 2.05) is 60.8 Å². The van der Waals surface area contributed by atoms with E-state index in [0.717, 1.165) is 22.2 Å². The molecule has 33 heavy (non-hydrogen) atoms. The fourth-order valence-corrected chi connectivity index (χ4v) is 4.58. The van der Waals surface area contributed by atoms with E-state index >= 15 is 0 Å². The SMILES string of the molecule is COCCN1C(=O)C(=Cc2cn(CC(N)=O)c3ccccc23)SC1=Nc1ccc(OC)cc1. The highest BCUT2D eigenvalue weighted by Crippen LogP contribution is 2.35. The van der Waals surface area contributed by atoms with E-state index in [9.17, 15) is 9.59 Å². The summed E-state index contributed by atoms with van der Waals surface area (Å²) < 4.78 is 12.2. The third-order valence-corrected chi connectivity index (χ3v) is 6.14. The Kier molecular flexibility index (Phi) is 6.81. The predicted octanol–water partition coefficient (Wildman–Crippen LogP) is 3.39. The van der Waals surface area contributed by atoms with Gasteiger partial charge in [0, 0.05) is 29.8 Å². The van der Waals surface area contributed by atoms with Crippen LogP contribution in [0.2, 0.25) is 0 Å². The van der Waals surface area contributed by atoms with E-state index in [0.29, 0.717) is 28.9 Å². The zero-order chi connectivity index (χ0) is 23.4. The van der Waals surface area contributed by atoms with Gasteiger partial charge in [0.2, 0.25) is 5.91 Å². The molecule has 0 spiro atoms. The second-order valence-corrected chi connectivity index (χ2v) is 8.36. The number of methoxy groups -OCH3 is 2. The number of nitrogens with two attached hydrogens (primary N) is 1. The average molecular weight is 465 g/mol. The minimum atomic E-state index is -0.430. The minimum Gasteiger partial charge on any atom is -0.497 e. The van der Waals surface area contributed by atoms with Gasteiger partial charge in [-0.1, -0.05) is 18.2 Å². The Hall–Kier alpha value is -3.56. The van der Waals surface area contributed by atoms with Crippen LogP contribution in [-0.4, -0.2) is 53.8 Å². The molecule has 1 aliphatic heterocycles. The van der Waals surface area contributed by atoms with Crippen molar-refractivity contribution in [3.8, 4) is 5.75 Å². The van der Waals surface area contributed by atoms with Crippen LogP contribution in [0.4, 0.5) is 5.69 Å². The van der Waals surface area contributed by atoms with Crippen LogP contribution >= 0.6 is 11.8 Å². The Labute approximate surface area is 195 Å². The normalized spacial score (nSPS) is 16.3. The highest BCUT2D eigenvalue weighted by atomic mass is 32.2. The molecule has 1 aliphatic rings. The zero-order valence-corrected chi connectivity index (χ0v) is 19.2. The smallest absolute Gasteiger partial charge is 0.266 e. The van der Waals surface area contributed by atoms with Gasteiger partial charge in [0.25, 0.3) is 5.91 Å². The van der Waals surface area contributed by atoms with Gasteiger partial charge >= 0.3 is 0 Å². The molecule has 0 radical (unpaired) electrons. The number of fused-ring (bicyclic) bond motifs is 1. The van der Waals surface area contributed by atoms with Crippen LogP contribution in [0.15, 0.2) is 64.6 Å². The lowest BCUT2D eigenvalue weighted by Crippen LogP contribution is -2.32. The molecule has 0 bridgehead atoms. The van der Waals surface area contributed by atoms with Gasteiger partial charge < -0.3 is 19.8 Å². The van der Waals surface area contributed by atoms with Gasteiger partial charge in [-0.2, -0.15) is 0 Å². The Balaban J connectivity index is 1.71. The quantitative estimate of drug-likeness (QED) is 0.515. The third-order valence-electron chi connectivity index (χ3n) is 5.14. The molecule has 1 aromatic heterocycles. The van der Waals surface area contributed by atoms with E-state index in [4.69, 9.17) is 15.2 Å². The number of aromatic nitrogens is 1. The van der Waals surface area contributed by atoms with E-state index in [1.54, 1.807) is 23.7 Å². The number of rotatable bonds is 8. The molecule has 1 fully saturated rings. The van der Waals surface area contributed by atoms with Gasteiger partial charge in [-0.05, 0) is 48.2 Å². The van der Waals surface area contributed by atoms with E-state index in [2.05, 4.69) is 4.99 Å². The fourth-order valence-electron chi connectivity index (χ4n) is 3.57. The summed E-state index contributed by atoms with van der Waals surface area (Å²) in [5.74, 6) is 0.162. The zero-order valence-electron chi connectivity index (χ0n) is 18.4. The Morgan fingerprint density at radius 3 is 2.61 bits per heavy atom. The molecule has 4 rings (SSSR count). The summed E-state index contributed by atoms with van der Waals surface area (Å²) in [6.45, 7) is 0.839. The number of nitrogens with zero attached hydrogens (tertiary/aromatic N) is 3. The molecule has 1 saturated heterocycles. The Morgan fingerprint density at radius 2 is 1.91 bits per heavy atom. The summed E-state index contributed by atoms with van der Waals surface area (Å²) in [4.78, 5) is 31.6. The number of carbonyl (C=O) groups excluding carboxylic acids is 2. The van der Waals surface area contributed by atoms with Gasteiger partial charge in [-0.3, -0.25) is 14.5 Å². The number of para-hydroxylation sites is 1. The number of amides is 2. The van der Waals surface area contributed by atoms with Gasteiger partial charge in [-0.25, -0.2) is 4.99 Å². The monoisotopic (exact) mass is 464 g/mol. The van der Waals surface area contributed by atoms with E-state index in [-0.39, 0.29) is 12.5 Å². The molecule has 3 aromatic rings. The van der Waals surface area contributed by atoms with Crippen LogP contribution < -0.4 is 10.5 Å². The standard InChI is InChI=1S/C24H24N4O4S/c1-31-12-11-28-23(30)21(33-24(28)26-17-7-9-18(32-2)10-8-17)13-16-14-27(15-22(25)29)20-6-4-3-5-19(16)20/h3-10,13-14H,11-12,15H2,1-2H3,(H2,25,29). The van der Waals surface area contributed by atoms with E-state index < -0.39 is 5.91 Å². The molecule has 0 unspecified atom stereocenters. The first-order chi connectivity index (χ1) is 16.0. The van der Waals surface area contributed by atoms with Crippen LogP contribution in [0.3, 0.4) is 0 Å². The molecule has 8 nitrogen and oxygen atoms in total. The maximum absolute atomic E-state index is 13.2. The van der Waals surface area contributed by atoms with Gasteiger partial charge in [0.1, 0.15) is 12.3 Å². The summed E-state index contributed by atoms with van der Waals surface area (Å²) in [6, 6.07) is 15.0. The van der Waals surface area contributed by atoms with Crippen LogP contribution in [-0.2, 0) is 20.9 Å². The van der Waals surface area contributed by atoms with Crippen molar-refractivity contribution in [1.82, 2.24) is 9.47 Å². The second kappa shape index (κ2) is 9.93. The second-order valence-electron chi connectivity index (χ2n) is 7.35. The van der Waals surface area contributed by atoms with Crippen LogP contribution in [0.1, 0.15) is 5.56 Å². The predicted molar refractivity (Wildman–Crippen MR) is 130 cm³/mol. The fraction of sp³-hybridized carbons (Fsp3) is 0.208. The first-order valence-corrected chi connectivity index (χ1v) is 11.1. The molecule has 2 amide bonds. The molecule has 0 atom stereocenters. The molecule has 0 aliphatic carbocycles. The number of aliphatic imine (C=N–C) groups is 1. The highest BCUT2D eigenvalue weighted by molar-refractivity contribution is 8.18. The minimum absolute atomic E-state index is 0.0644. The Bertz CT molecular complexity index is 1250. The van der Waals surface area contributed by atoms with Crippen molar-refractivity contribution in [2.45, 2.75) is 6.54 Å². The first kappa shape index (κ1) is 22.6.